The summed E-state index contributed by atoms with van der Waals surface area (Å²) in [6.07, 6.45) is 8.04. The molecular weight excluding hydrogens is 366 g/mol. The normalized spacial score (nSPS) is 15.5. The summed E-state index contributed by atoms with van der Waals surface area (Å²) in [6.45, 7) is 3.65. The largest absolute Gasteiger partial charge is 0.462 e. The summed E-state index contributed by atoms with van der Waals surface area (Å²) in [5.41, 5.74) is 0.254. The Morgan fingerprint density at radius 2 is 2.00 bits per heavy atom. The van der Waals surface area contributed by atoms with E-state index in [0.717, 1.165) is 37.0 Å². The van der Waals surface area contributed by atoms with Crippen molar-refractivity contribution in [3.63, 3.8) is 0 Å². The van der Waals surface area contributed by atoms with Gasteiger partial charge in [0.1, 0.15) is 16.3 Å². The quantitative estimate of drug-likeness (QED) is 0.625. The van der Waals surface area contributed by atoms with E-state index in [9.17, 15) is 14.4 Å². The van der Waals surface area contributed by atoms with Crippen molar-refractivity contribution >= 4 is 33.4 Å². The third-order valence-corrected chi connectivity index (χ3v) is 6.09. The molecular formula is C19H25N3O4S. The van der Waals surface area contributed by atoms with Crippen molar-refractivity contribution in [2.75, 3.05) is 6.61 Å². The first kappa shape index (κ1) is 19.5. The molecule has 2 aromatic rings. The number of ether oxygens (including phenoxy) is 1. The maximum Gasteiger partial charge on any atom is 0.348 e. The van der Waals surface area contributed by atoms with Crippen molar-refractivity contribution in [2.24, 2.45) is 0 Å². The molecule has 146 valence electrons. The zero-order valence-electron chi connectivity index (χ0n) is 15.7. The van der Waals surface area contributed by atoms with Crippen molar-refractivity contribution in [1.29, 1.82) is 0 Å². The van der Waals surface area contributed by atoms with Crippen LogP contribution in [-0.4, -0.2) is 34.1 Å². The standard InChI is InChI=1S/C19H25N3O4S/c1-3-26-19(25)16-12(2)15-17(27-16)20-11-22(18(15)24)10-14(23)21-13-8-6-4-5-7-9-13/h11,13H,3-10H2,1-2H3,(H,21,23). The predicted octanol–water partition coefficient (Wildman–Crippen LogP) is 2.78. The van der Waals surface area contributed by atoms with Crippen LogP contribution in [0.4, 0.5) is 0 Å². The van der Waals surface area contributed by atoms with E-state index >= 15 is 0 Å². The summed E-state index contributed by atoms with van der Waals surface area (Å²) in [5, 5.41) is 3.42. The van der Waals surface area contributed by atoms with Crippen LogP contribution in [0.3, 0.4) is 0 Å². The van der Waals surface area contributed by atoms with Crippen LogP contribution in [0, 0.1) is 6.92 Å². The summed E-state index contributed by atoms with van der Waals surface area (Å²) in [7, 11) is 0. The molecule has 1 aliphatic carbocycles. The molecule has 0 aromatic carbocycles. The van der Waals surface area contributed by atoms with Gasteiger partial charge in [0.2, 0.25) is 5.91 Å². The molecule has 0 aliphatic heterocycles. The maximum absolute atomic E-state index is 12.8. The zero-order chi connectivity index (χ0) is 19.4. The van der Waals surface area contributed by atoms with Gasteiger partial charge in [-0.3, -0.25) is 14.2 Å². The van der Waals surface area contributed by atoms with Crippen molar-refractivity contribution in [3.05, 3.63) is 27.1 Å². The molecule has 1 aliphatic rings. The van der Waals surface area contributed by atoms with Crippen molar-refractivity contribution in [2.45, 2.75) is 65.0 Å². The van der Waals surface area contributed by atoms with Crippen LogP contribution in [0.5, 0.6) is 0 Å². The smallest absolute Gasteiger partial charge is 0.348 e. The number of aryl methyl sites for hydroxylation is 1. The number of esters is 1. The zero-order valence-corrected chi connectivity index (χ0v) is 16.6. The molecule has 3 rings (SSSR count). The van der Waals surface area contributed by atoms with Gasteiger partial charge >= 0.3 is 5.97 Å². The van der Waals surface area contributed by atoms with Crippen molar-refractivity contribution in [1.82, 2.24) is 14.9 Å². The summed E-state index contributed by atoms with van der Waals surface area (Å²) >= 11 is 1.14. The van der Waals surface area contributed by atoms with E-state index in [4.69, 9.17) is 4.74 Å². The van der Waals surface area contributed by atoms with E-state index in [1.165, 1.54) is 23.7 Å². The Morgan fingerprint density at radius 1 is 1.30 bits per heavy atom. The number of carbonyl (C=O) groups is 2. The molecule has 27 heavy (non-hydrogen) atoms. The lowest BCUT2D eigenvalue weighted by molar-refractivity contribution is -0.122. The number of rotatable bonds is 5. The van der Waals surface area contributed by atoms with Gasteiger partial charge in [-0.25, -0.2) is 9.78 Å². The second kappa shape index (κ2) is 8.65. The van der Waals surface area contributed by atoms with E-state index in [1.807, 2.05) is 0 Å². The summed E-state index contributed by atoms with van der Waals surface area (Å²) in [5.74, 6) is -0.626. The molecule has 1 saturated carbocycles. The minimum Gasteiger partial charge on any atom is -0.462 e. The molecule has 0 atom stereocenters. The Kier molecular flexibility index (Phi) is 6.26. The Bertz CT molecular complexity index is 894. The molecule has 8 heteroatoms. The average Bonchev–Trinajstić information content (AvgIpc) is 2.80. The lowest BCUT2D eigenvalue weighted by atomic mass is 10.1. The molecule has 0 unspecified atom stereocenters. The monoisotopic (exact) mass is 391 g/mol. The Morgan fingerprint density at radius 3 is 2.67 bits per heavy atom. The van der Waals surface area contributed by atoms with Crippen LogP contribution >= 0.6 is 11.3 Å². The number of thiophene rings is 1. The fourth-order valence-corrected chi connectivity index (χ4v) is 4.55. The highest BCUT2D eigenvalue weighted by molar-refractivity contribution is 7.20. The molecule has 0 bridgehead atoms. The Labute approximate surface area is 161 Å². The third kappa shape index (κ3) is 4.37. The first-order valence-corrected chi connectivity index (χ1v) is 10.3. The Balaban J connectivity index is 1.80. The molecule has 2 heterocycles. The van der Waals surface area contributed by atoms with Gasteiger partial charge in [0.05, 0.1) is 18.3 Å². The van der Waals surface area contributed by atoms with Crippen LogP contribution in [0.2, 0.25) is 0 Å². The minimum atomic E-state index is -0.449. The van der Waals surface area contributed by atoms with Crippen molar-refractivity contribution in [3.8, 4) is 0 Å². The van der Waals surface area contributed by atoms with Gasteiger partial charge < -0.3 is 10.1 Å². The van der Waals surface area contributed by atoms with Crippen LogP contribution in [-0.2, 0) is 16.1 Å². The van der Waals surface area contributed by atoms with E-state index < -0.39 is 5.97 Å². The molecule has 1 fully saturated rings. The van der Waals surface area contributed by atoms with Crippen LogP contribution in [0.15, 0.2) is 11.1 Å². The van der Waals surface area contributed by atoms with Gasteiger partial charge in [-0.1, -0.05) is 25.7 Å². The second-order valence-electron chi connectivity index (χ2n) is 6.89. The Hall–Kier alpha value is -2.22. The molecule has 0 radical (unpaired) electrons. The number of nitrogens with one attached hydrogen (secondary N) is 1. The number of amides is 1. The number of fused-ring (bicyclic) bond motifs is 1. The molecule has 0 spiro atoms. The van der Waals surface area contributed by atoms with Gasteiger partial charge in [0.15, 0.2) is 0 Å². The second-order valence-corrected chi connectivity index (χ2v) is 7.89. The molecule has 7 nitrogen and oxygen atoms in total. The number of hydrogen-bond acceptors (Lipinski definition) is 6. The van der Waals surface area contributed by atoms with Crippen LogP contribution < -0.4 is 10.9 Å². The predicted molar refractivity (Wildman–Crippen MR) is 104 cm³/mol. The number of nitrogens with zero attached hydrogens (tertiary/aromatic N) is 2. The van der Waals surface area contributed by atoms with Crippen LogP contribution in [0.1, 0.15) is 60.7 Å². The summed E-state index contributed by atoms with van der Waals surface area (Å²) < 4.78 is 6.35. The topological polar surface area (TPSA) is 90.3 Å². The average molecular weight is 391 g/mol. The lowest BCUT2D eigenvalue weighted by Gasteiger charge is -2.16. The lowest BCUT2D eigenvalue weighted by Crippen LogP contribution is -2.38. The van der Waals surface area contributed by atoms with Gasteiger partial charge in [-0.2, -0.15) is 0 Å². The minimum absolute atomic E-state index is 0.0672. The van der Waals surface area contributed by atoms with E-state index in [0.29, 0.717) is 20.7 Å². The first-order chi connectivity index (χ1) is 13.0. The summed E-state index contributed by atoms with van der Waals surface area (Å²) in [4.78, 5) is 42.4. The first-order valence-electron chi connectivity index (χ1n) is 9.46. The van der Waals surface area contributed by atoms with Gasteiger partial charge in [0.25, 0.3) is 5.56 Å². The number of carbonyl (C=O) groups excluding carboxylic acids is 2. The highest BCUT2D eigenvalue weighted by Crippen LogP contribution is 2.27. The maximum atomic E-state index is 12.8. The summed E-state index contributed by atoms with van der Waals surface area (Å²) in [6, 6.07) is 0.186. The fraction of sp³-hybridized carbons (Fsp3) is 0.579. The highest BCUT2D eigenvalue weighted by atomic mass is 32.1. The fourth-order valence-electron chi connectivity index (χ4n) is 3.51. The molecule has 2 aromatic heterocycles. The van der Waals surface area contributed by atoms with Crippen molar-refractivity contribution < 1.29 is 14.3 Å². The molecule has 1 N–H and O–H groups in total. The molecule has 1 amide bonds. The third-order valence-electron chi connectivity index (χ3n) is 4.91. The van der Waals surface area contributed by atoms with E-state index in [-0.39, 0.29) is 30.7 Å². The van der Waals surface area contributed by atoms with E-state index in [2.05, 4.69) is 10.3 Å². The van der Waals surface area contributed by atoms with Gasteiger partial charge in [0, 0.05) is 6.04 Å². The number of hydrogen-bond donors (Lipinski definition) is 1. The SMILES string of the molecule is CCOC(=O)c1sc2ncn(CC(=O)NC3CCCCCC3)c(=O)c2c1C. The van der Waals surface area contributed by atoms with E-state index in [1.54, 1.807) is 13.8 Å². The van der Waals surface area contributed by atoms with Gasteiger partial charge in [-0.05, 0) is 32.3 Å². The van der Waals surface area contributed by atoms with Crippen LogP contribution in [0.25, 0.3) is 10.2 Å². The molecule has 0 saturated heterocycles. The van der Waals surface area contributed by atoms with Gasteiger partial charge in [-0.15, -0.1) is 11.3 Å². The highest BCUT2D eigenvalue weighted by Gasteiger charge is 2.21. The number of aromatic nitrogens is 2.